The Morgan fingerprint density at radius 3 is 1.42 bits per heavy atom. The molecule has 19 nitrogen and oxygen atoms in total. The van der Waals surface area contributed by atoms with Gasteiger partial charge in [0.05, 0.1) is 18.9 Å². The molecule has 1 aliphatic heterocycles. The number of rotatable bonds is 26. The third-order valence-corrected chi connectivity index (χ3v) is 12.9. The normalized spacial score (nSPS) is 23.9. The standard InChI is InChI=1S/C55H99N7O12/c1-33(2)22-20-18-16-14-13-15-17-19-21-23-40-30-46(63)58-41(24-25-47(64)65)50(68)59-43(28-36(7)8)52(70)57-39(26-34(3)4)32-56-42(27-35(5)6)51(69)61-45(31-48(66)67)53(71)60-44(29-37(9)10)54(72)62-49(38(11)12)55(73)74-40/h33-45,49,56H,13-32H2,1-12H3,(H,57,70)(H,58,63)(H,59,68)(H,60,71)(H,61,69)(H,62,72)(H,64,65)(H,66,67)/t39-,40?,41+,42+,43?,44-,45?,49?/m1/s1. The van der Waals surface area contributed by atoms with Gasteiger partial charge in [-0.1, -0.05) is 141 Å². The van der Waals surface area contributed by atoms with Gasteiger partial charge in [0.25, 0.3) is 0 Å². The van der Waals surface area contributed by atoms with Gasteiger partial charge in [-0.2, -0.15) is 0 Å². The van der Waals surface area contributed by atoms with Crippen LogP contribution in [-0.4, -0.2) is 119 Å². The summed E-state index contributed by atoms with van der Waals surface area (Å²) < 4.78 is 6.04. The van der Waals surface area contributed by atoms with Crippen LogP contribution in [0.2, 0.25) is 0 Å². The summed E-state index contributed by atoms with van der Waals surface area (Å²) in [4.78, 5) is 123. The van der Waals surface area contributed by atoms with Gasteiger partial charge in [0.1, 0.15) is 36.3 Å². The first kappa shape index (κ1) is 67.2. The molecule has 0 aliphatic carbocycles. The van der Waals surface area contributed by atoms with Crippen LogP contribution in [0.15, 0.2) is 0 Å². The van der Waals surface area contributed by atoms with Crippen LogP contribution in [-0.2, 0) is 47.9 Å². The molecule has 4 unspecified atom stereocenters. The molecule has 0 aromatic carbocycles. The SMILES string of the molecule is CC(C)CCCCCCCCCCCC1CC(=O)N[C@@H](CCC(=O)O)C(=O)NC(CC(C)C)C(=O)N[C@H](CC(C)C)CN[C@@H](CC(C)C)C(=O)NC(CC(=O)O)C(=O)N[C@H](CC(C)C)C(=O)NC(C(C)C)C(=O)O1. The van der Waals surface area contributed by atoms with E-state index in [2.05, 4.69) is 51.1 Å². The molecule has 6 amide bonds. The summed E-state index contributed by atoms with van der Waals surface area (Å²) in [5.41, 5.74) is 0. The van der Waals surface area contributed by atoms with Crippen molar-refractivity contribution in [2.75, 3.05) is 6.54 Å². The molecule has 426 valence electrons. The number of carbonyl (C=O) groups is 9. The van der Waals surface area contributed by atoms with E-state index >= 15 is 0 Å². The maximum atomic E-state index is 14.2. The Bertz CT molecular complexity index is 1760. The van der Waals surface area contributed by atoms with Crippen molar-refractivity contribution in [1.29, 1.82) is 0 Å². The summed E-state index contributed by atoms with van der Waals surface area (Å²) >= 11 is 0. The van der Waals surface area contributed by atoms with Crippen molar-refractivity contribution in [2.24, 2.45) is 35.5 Å². The van der Waals surface area contributed by atoms with Crippen molar-refractivity contribution < 1.29 is 58.1 Å². The van der Waals surface area contributed by atoms with Crippen molar-refractivity contribution in [3.05, 3.63) is 0 Å². The van der Waals surface area contributed by atoms with E-state index < -0.39 is 127 Å². The highest BCUT2D eigenvalue weighted by atomic mass is 16.5. The summed E-state index contributed by atoms with van der Waals surface area (Å²) in [7, 11) is 0. The van der Waals surface area contributed by atoms with Crippen LogP contribution in [0.4, 0.5) is 0 Å². The Balaban J connectivity index is 3.83. The molecule has 0 radical (unpaired) electrons. The highest BCUT2D eigenvalue weighted by Gasteiger charge is 2.36. The van der Waals surface area contributed by atoms with Crippen molar-refractivity contribution in [2.45, 2.75) is 253 Å². The molecule has 0 saturated carbocycles. The zero-order valence-corrected chi connectivity index (χ0v) is 47.2. The molecule has 0 aromatic rings. The second-order valence-electron chi connectivity index (χ2n) is 23.2. The minimum Gasteiger partial charge on any atom is -0.481 e. The maximum absolute atomic E-state index is 14.2. The summed E-state index contributed by atoms with van der Waals surface area (Å²) in [5.74, 6) is -7.88. The molecule has 1 saturated heterocycles. The Morgan fingerprint density at radius 2 is 0.932 bits per heavy atom. The molecule has 0 bridgehead atoms. The van der Waals surface area contributed by atoms with Gasteiger partial charge in [-0.25, -0.2) is 4.79 Å². The summed E-state index contributed by atoms with van der Waals surface area (Å²) in [6.07, 6.45) is 8.71. The van der Waals surface area contributed by atoms with Crippen LogP contribution in [0.1, 0.15) is 205 Å². The monoisotopic (exact) mass is 1050 g/mol. The van der Waals surface area contributed by atoms with Gasteiger partial charge in [-0.05, 0) is 80.5 Å². The second kappa shape index (κ2) is 36.2. The van der Waals surface area contributed by atoms with E-state index in [1.807, 2.05) is 55.4 Å². The number of carboxylic acids is 2. The highest BCUT2D eigenvalue weighted by Crippen LogP contribution is 2.19. The van der Waals surface area contributed by atoms with Gasteiger partial charge >= 0.3 is 17.9 Å². The number of hydrogen-bond donors (Lipinski definition) is 9. The molecular weight excluding hydrogens is 951 g/mol. The average molecular weight is 1050 g/mol. The molecule has 0 aromatic heterocycles. The highest BCUT2D eigenvalue weighted by molar-refractivity contribution is 5.96. The topological polar surface area (TPSA) is 288 Å². The smallest absolute Gasteiger partial charge is 0.329 e. The predicted octanol–water partition coefficient (Wildman–Crippen LogP) is 6.30. The van der Waals surface area contributed by atoms with Gasteiger partial charge in [0.15, 0.2) is 0 Å². The second-order valence-corrected chi connectivity index (χ2v) is 23.2. The summed E-state index contributed by atoms with van der Waals surface area (Å²) in [5, 5.41) is 39.2. The Morgan fingerprint density at radius 1 is 0.486 bits per heavy atom. The lowest BCUT2D eigenvalue weighted by molar-refractivity contribution is -0.156. The first-order valence-electron chi connectivity index (χ1n) is 27.9. The van der Waals surface area contributed by atoms with Crippen molar-refractivity contribution >= 4 is 53.4 Å². The number of carboxylic acid groups (broad SMARTS) is 2. The molecule has 1 fully saturated rings. The number of ether oxygens (including phenoxy) is 1. The number of cyclic esters (lactones) is 1. The Kier molecular flexibility index (Phi) is 32.9. The zero-order chi connectivity index (χ0) is 56.1. The van der Waals surface area contributed by atoms with Crippen LogP contribution in [0.3, 0.4) is 0 Å². The fourth-order valence-corrected chi connectivity index (χ4v) is 9.06. The summed E-state index contributed by atoms with van der Waals surface area (Å²) in [6, 6.07) is -8.15. The minimum absolute atomic E-state index is 0.0526. The van der Waals surface area contributed by atoms with Crippen LogP contribution in [0, 0.1) is 35.5 Å². The first-order valence-corrected chi connectivity index (χ1v) is 27.9. The molecule has 19 heteroatoms. The van der Waals surface area contributed by atoms with Gasteiger partial charge in [-0.15, -0.1) is 0 Å². The maximum Gasteiger partial charge on any atom is 0.329 e. The molecule has 0 spiro atoms. The number of aliphatic carboxylic acids is 2. The fourth-order valence-electron chi connectivity index (χ4n) is 9.06. The lowest BCUT2D eigenvalue weighted by Gasteiger charge is -2.29. The summed E-state index contributed by atoms with van der Waals surface area (Å²) in [6.45, 7) is 23.0. The van der Waals surface area contributed by atoms with Gasteiger partial charge in [0, 0.05) is 19.0 Å². The Hall–Kier alpha value is -4.81. The molecule has 1 heterocycles. The number of hydrogen-bond acceptors (Lipinski definition) is 11. The lowest BCUT2D eigenvalue weighted by Crippen LogP contribution is -2.59. The van der Waals surface area contributed by atoms with Crippen molar-refractivity contribution in [1.82, 2.24) is 37.2 Å². The third-order valence-electron chi connectivity index (χ3n) is 12.9. The van der Waals surface area contributed by atoms with E-state index in [-0.39, 0.29) is 62.3 Å². The quantitative estimate of drug-likeness (QED) is 0.0340. The number of unbranched alkanes of at least 4 members (excludes halogenated alkanes) is 8. The largest absolute Gasteiger partial charge is 0.481 e. The fraction of sp³-hybridized carbons (Fsp3) is 0.836. The van der Waals surface area contributed by atoms with Gasteiger partial charge in [-0.3, -0.25) is 38.4 Å². The van der Waals surface area contributed by atoms with Gasteiger partial charge in [0.2, 0.25) is 35.4 Å². The van der Waals surface area contributed by atoms with Crippen LogP contribution < -0.4 is 37.2 Å². The van der Waals surface area contributed by atoms with Crippen LogP contribution in [0.25, 0.3) is 0 Å². The molecular formula is C55H99N7O12. The molecule has 8 atom stereocenters. The molecule has 1 aliphatic rings. The van der Waals surface area contributed by atoms with E-state index in [1.54, 1.807) is 13.8 Å². The lowest BCUT2D eigenvalue weighted by atomic mass is 9.98. The van der Waals surface area contributed by atoms with Crippen molar-refractivity contribution in [3.63, 3.8) is 0 Å². The van der Waals surface area contributed by atoms with Crippen LogP contribution >= 0.6 is 0 Å². The average Bonchev–Trinajstić information content (AvgIpc) is 3.27. The number of nitrogens with one attached hydrogen (secondary N) is 7. The van der Waals surface area contributed by atoms with E-state index in [1.165, 1.54) is 25.7 Å². The number of amides is 6. The molecule has 74 heavy (non-hydrogen) atoms. The number of carbonyl (C=O) groups excluding carboxylic acids is 7. The van der Waals surface area contributed by atoms with Crippen molar-refractivity contribution in [3.8, 4) is 0 Å². The Labute approximate surface area is 442 Å². The van der Waals surface area contributed by atoms with E-state index in [0.717, 1.165) is 32.1 Å². The third kappa shape index (κ3) is 29.9. The molecule has 9 N–H and O–H groups in total. The van der Waals surface area contributed by atoms with Crippen LogP contribution in [0.5, 0.6) is 0 Å². The first-order chi connectivity index (χ1) is 34.7. The molecule has 1 rings (SSSR count). The zero-order valence-electron chi connectivity index (χ0n) is 47.2. The predicted molar refractivity (Wildman–Crippen MR) is 285 cm³/mol. The minimum atomic E-state index is -1.60. The van der Waals surface area contributed by atoms with E-state index in [4.69, 9.17) is 4.74 Å². The van der Waals surface area contributed by atoms with E-state index in [0.29, 0.717) is 18.8 Å². The van der Waals surface area contributed by atoms with E-state index in [9.17, 15) is 53.4 Å². The number of esters is 1. The van der Waals surface area contributed by atoms with Gasteiger partial charge < -0.3 is 52.2 Å².